The Bertz CT molecular complexity index is 991. The van der Waals surface area contributed by atoms with Gasteiger partial charge in [-0.3, -0.25) is 10.1 Å². The fraction of sp³-hybridized carbons (Fsp3) is 0.231. The highest BCUT2D eigenvalue weighted by Crippen LogP contribution is 2.18. The lowest BCUT2D eigenvalue weighted by Crippen LogP contribution is -2.37. The average Bonchev–Trinajstić information content (AvgIpc) is 2.82. The first kappa shape index (κ1) is 23.0. The van der Waals surface area contributed by atoms with Gasteiger partial charge in [0.05, 0.1) is 0 Å². The fourth-order valence-electron chi connectivity index (χ4n) is 3.29. The van der Waals surface area contributed by atoms with Gasteiger partial charge >= 0.3 is 5.97 Å². The lowest BCUT2D eigenvalue weighted by Gasteiger charge is -2.22. The van der Waals surface area contributed by atoms with E-state index in [1.807, 2.05) is 67.6 Å². The van der Waals surface area contributed by atoms with Gasteiger partial charge in [-0.1, -0.05) is 60.7 Å². The summed E-state index contributed by atoms with van der Waals surface area (Å²) in [7, 11) is 0. The van der Waals surface area contributed by atoms with Crippen molar-refractivity contribution in [2.45, 2.75) is 31.8 Å². The molecule has 0 aromatic heterocycles. The summed E-state index contributed by atoms with van der Waals surface area (Å²) >= 11 is 0. The molecule has 1 amide bonds. The van der Waals surface area contributed by atoms with Crippen molar-refractivity contribution in [2.24, 2.45) is 5.73 Å². The third kappa shape index (κ3) is 6.96. The Labute approximate surface area is 188 Å². The first-order chi connectivity index (χ1) is 15.5. The number of hydrogen-bond donors (Lipinski definition) is 2. The molecule has 0 fully saturated rings. The van der Waals surface area contributed by atoms with E-state index in [9.17, 15) is 9.59 Å². The summed E-state index contributed by atoms with van der Waals surface area (Å²) in [4.78, 5) is 24.0. The smallest absolute Gasteiger partial charge is 0.330 e. The van der Waals surface area contributed by atoms with E-state index in [2.05, 4.69) is 5.32 Å². The predicted octanol–water partition coefficient (Wildman–Crippen LogP) is 4.02. The number of nitrogens with one attached hydrogen (secondary N) is 1. The number of amides is 1. The minimum Gasteiger partial charge on any atom is -0.457 e. The minimum atomic E-state index is -0.609. The molecule has 0 saturated heterocycles. The molecule has 6 nitrogen and oxygen atoms in total. The van der Waals surface area contributed by atoms with Crippen LogP contribution < -0.4 is 15.8 Å². The Morgan fingerprint density at radius 1 is 0.906 bits per heavy atom. The molecule has 3 aromatic carbocycles. The maximum absolute atomic E-state index is 12.8. The number of para-hydroxylation sites is 1. The summed E-state index contributed by atoms with van der Waals surface area (Å²) in [5, 5.41) is 3.38. The lowest BCUT2D eigenvalue weighted by molar-refractivity contribution is -0.153. The van der Waals surface area contributed by atoms with Gasteiger partial charge in [-0.05, 0) is 55.2 Å². The Morgan fingerprint density at radius 3 is 2.16 bits per heavy atom. The van der Waals surface area contributed by atoms with Crippen molar-refractivity contribution in [3.8, 4) is 5.75 Å². The van der Waals surface area contributed by atoms with Crippen molar-refractivity contribution in [1.82, 2.24) is 5.32 Å². The van der Waals surface area contributed by atoms with Crippen LogP contribution in [0.5, 0.6) is 5.75 Å². The van der Waals surface area contributed by atoms with E-state index in [1.165, 1.54) is 0 Å². The minimum absolute atomic E-state index is 0.0404. The number of hydrogen-bond acceptors (Lipinski definition) is 5. The average molecular weight is 433 g/mol. The van der Waals surface area contributed by atoms with Crippen LogP contribution in [0.1, 0.15) is 40.9 Å². The zero-order valence-corrected chi connectivity index (χ0v) is 18.1. The van der Waals surface area contributed by atoms with Crippen LogP contribution in [0.4, 0.5) is 0 Å². The SMILES string of the molecule is C[C@H](CCc1ccc(C(N)=O)cc1)NC(C(=O)OCOc1ccccc1)c1ccccc1. The zero-order valence-electron chi connectivity index (χ0n) is 18.1. The largest absolute Gasteiger partial charge is 0.457 e. The highest BCUT2D eigenvalue weighted by atomic mass is 16.7. The van der Waals surface area contributed by atoms with Gasteiger partial charge in [0.15, 0.2) is 0 Å². The molecule has 0 bridgehead atoms. The number of ether oxygens (including phenoxy) is 2. The van der Waals surface area contributed by atoms with Gasteiger partial charge in [0.1, 0.15) is 11.8 Å². The van der Waals surface area contributed by atoms with Gasteiger partial charge in [-0.2, -0.15) is 0 Å². The number of benzene rings is 3. The Hall–Kier alpha value is -3.64. The highest BCUT2D eigenvalue weighted by molar-refractivity contribution is 5.92. The van der Waals surface area contributed by atoms with Crippen LogP contribution in [0, 0.1) is 0 Å². The molecular weight excluding hydrogens is 404 g/mol. The van der Waals surface area contributed by atoms with Gasteiger partial charge in [-0.15, -0.1) is 0 Å². The number of rotatable bonds is 11. The van der Waals surface area contributed by atoms with E-state index < -0.39 is 17.9 Å². The van der Waals surface area contributed by atoms with E-state index in [4.69, 9.17) is 15.2 Å². The molecule has 0 aliphatic heterocycles. The Kier molecular flexibility index (Phi) is 8.40. The highest BCUT2D eigenvalue weighted by Gasteiger charge is 2.24. The van der Waals surface area contributed by atoms with Gasteiger partial charge < -0.3 is 15.2 Å². The van der Waals surface area contributed by atoms with Gasteiger partial charge in [0, 0.05) is 11.6 Å². The first-order valence-corrected chi connectivity index (χ1v) is 10.6. The summed E-state index contributed by atoms with van der Waals surface area (Å²) < 4.78 is 10.9. The van der Waals surface area contributed by atoms with Gasteiger partial charge in [0.2, 0.25) is 12.7 Å². The molecule has 0 aliphatic carbocycles. The summed E-state index contributed by atoms with van der Waals surface area (Å²) in [6.07, 6.45) is 1.59. The Balaban J connectivity index is 1.57. The van der Waals surface area contributed by atoms with Crippen LogP contribution in [0.25, 0.3) is 0 Å². The van der Waals surface area contributed by atoms with Crippen LogP contribution in [0.15, 0.2) is 84.9 Å². The summed E-state index contributed by atoms with van der Waals surface area (Å²) in [5.74, 6) is -0.197. The topological polar surface area (TPSA) is 90.7 Å². The molecule has 0 heterocycles. The van der Waals surface area contributed by atoms with Crippen LogP contribution in [0.3, 0.4) is 0 Å². The zero-order chi connectivity index (χ0) is 22.8. The Morgan fingerprint density at radius 2 is 1.53 bits per heavy atom. The number of carbonyl (C=O) groups excluding carboxylic acids is 2. The monoisotopic (exact) mass is 432 g/mol. The summed E-state index contributed by atoms with van der Waals surface area (Å²) in [5.41, 5.74) is 7.71. The fourth-order valence-corrected chi connectivity index (χ4v) is 3.29. The van der Waals surface area contributed by atoms with Crippen LogP contribution >= 0.6 is 0 Å². The van der Waals surface area contributed by atoms with E-state index in [1.54, 1.807) is 24.3 Å². The molecule has 166 valence electrons. The van der Waals surface area contributed by atoms with Crippen molar-refractivity contribution in [1.29, 1.82) is 0 Å². The second kappa shape index (κ2) is 11.7. The molecule has 6 heteroatoms. The van der Waals surface area contributed by atoms with Crippen molar-refractivity contribution in [3.05, 3.63) is 102 Å². The molecule has 1 unspecified atom stereocenters. The second-order valence-electron chi connectivity index (χ2n) is 7.55. The van der Waals surface area contributed by atoms with E-state index in [0.29, 0.717) is 11.3 Å². The molecule has 0 aliphatic rings. The van der Waals surface area contributed by atoms with Crippen LogP contribution in [-0.2, 0) is 16.0 Å². The molecular formula is C26H28N2O4. The van der Waals surface area contributed by atoms with E-state index in [0.717, 1.165) is 24.0 Å². The van der Waals surface area contributed by atoms with Crippen LogP contribution in [-0.4, -0.2) is 24.7 Å². The van der Waals surface area contributed by atoms with Gasteiger partial charge in [0.25, 0.3) is 0 Å². The second-order valence-corrected chi connectivity index (χ2v) is 7.55. The summed E-state index contributed by atoms with van der Waals surface area (Å²) in [6.45, 7) is 1.87. The first-order valence-electron chi connectivity index (χ1n) is 10.6. The van der Waals surface area contributed by atoms with Crippen molar-refractivity contribution in [3.63, 3.8) is 0 Å². The normalized spacial score (nSPS) is 12.5. The number of esters is 1. The molecule has 0 radical (unpaired) electrons. The molecule has 2 atom stereocenters. The standard InChI is InChI=1S/C26H28N2O4/c1-19(12-13-20-14-16-22(17-15-20)25(27)29)28-24(21-8-4-2-5-9-21)26(30)32-18-31-23-10-6-3-7-11-23/h2-11,14-17,19,24,28H,12-13,18H2,1H3,(H2,27,29)/t19-,24?/m1/s1. The quantitative estimate of drug-likeness (QED) is 0.353. The van der Waals surface area contributed by atoms with E-state index >= 15 is 0 Å². The maximum Gasteiger partial charge on any atom is 0.330 e. The van der Waals surface area contributed by atoms with Gasteiger partial charge in [-0.25, -0.2) is 4.79 Å². The number of nitrogens with two attached hydrogens (primary N) is 1. The van der Waals surface area contributed by atoms with Crippen molar-refractivity contribution >= 4 is 11.9 Å². The summed E-state index contributed by atoms with van der Waals surface area (Å²) in [6, 6.07) is 25.4. The number of carbonyl (C=O) groups is 2. The third-order valence-corrected chi connectivity index (χ3v) is 5.09. The molecule has 0 spiro atoms. The van der Waals surface area contributed by atoms with Crippen molar-refractivity contribution < 1.29 is 19.1 Å². The molecule has 3 rings (SSSR count). The van der Waals surface area contributed by atoms with E-state index in [-0.39, 0.29) is 12.8 Å². The number of primary amides is 1. The molecule has 32 heavy (non-hydrogen) atoms. The van der Waals surface area contributed by atoms with Crippen molar-refractivity contribution in [2.75, 3.05) is 6.79 Å². The predicted molar refractivity (Wildman–Crippen MR) is 123 cm³/mol. The lowest BCUT2D eigenvalue weighted by atomic mass is 10.0. The van der Waals surface area contributed by atoms with Crippen LogP contribution in [0.2, 0.25) is 0 Å². The molecule has 0 saturated carbocycles. The molecule has 3 N–H and O–H groups in total. The number of aryl methyl sites for hydroxylation is 1. The molecule has 3 aromatic rings. The maximum atomic E-state index is 12.8. The third-order valence-electron chi connectivity index (χ3n) is 5.09.